The number of hydrogen-bond acceptors (Lipinski definition) is 4. The van der Waals surface area contributed by atoms with Crippen LogP contribution in [0.1, 0.15) is 17.8 Å². The van der Waals surface area contributed by atoms with Crippen molar-refractivity contribution in [3.8, 4) is 0 Å². The van der Waals surface area contributed by atoms with E-state index in [0.717, 1.165) is 30.7 Å². The largest absolute Gasteiger partial charge is 0.317 e. The zero-order chi connectivity index (χ0) is 12.8. The summed E-state index contributed by atoms with van der Waals surface area (Å²) >= 11 is 0. The van der Waals surface area contributed by atoms with E-state index in [1.54, 1.807) is 4.68 Å². The summed E-state index contributed by atoms with van der Waals surface area (Å²) in [5, 5.41) is 11.4. The first kappa shape index (κ1) is 12.7. The zero-order valence-corrected chi connectivity index (χ0v) is 10.9. The highest BCUT2D eigenvalue weighted by Gasteiger charge is 2.10. The molecule has 0 aromatic carbocycles. The SMILES string of the molecule is CNC(CCc1ccccn1)Cc1cn(C)nn1. The Kier molecular flexibility index (Phi) is 4.41. The molecule has 1 unspecified atom stereocenters. The maximum Gasteiger partial charge on any atom is 0.0842 e. The Morgan fingerprint density at radius 2 is 2.22 bits per heavy atom. The van der Waals surface area contributed by atoms with Crippen LogP contribution in [0.5, 0.6) is 0 Å². The molecule has 0 aliphatic rings. The highest BCUT2D eigenvalue weighted by molar-refractivity contribution is 5.04. The van der Waals surface area contributed by atoms with Crippen molar-refractivity contribution in [1.29, 1.82) is 0 Å². The lowest BCUT2D eigenvalue weighted by molar-refractivity contribution is 0.512. The third-order valence-electron chi connectivity index (χ3n) is 2.99. The van der Waals surface area contributed by atoms with Gasteiger partial charge in [0.1, 0.15) is 0 Å². The molecule has 0 saturated heterocycles. The molecule has 0 aliphatic heterocycles. The molecule has 2 aromatic rings. The molecule has 0 fully saturated rings. The summed E-state index contributed by atoms with van der Waals surface area (Å²) in [4.78, 5) is 4.34. The summed E-state index contributed by atoms with van der Waals surface area (Å²) in [5.41, 5.74) is 2.16. The number of nitrogens with zero attached hydrogens (tertiary/aromatic N) is 4. The van der Waals surface area contributed by atoms with Gasteiger partial charge in [0.2, 0.25) is 0 Å². The van der Waals surface area contributed by atoms with Crippen LogP contribution in [0, 0.1) is 0 Å². The number of pyridine rings is 1. The van der Waals surface area contributed by atoms with Crippen LogP contribution < -0.4 is 5.32 Å². The highest BCUT2D eigenvalue weighted by atomic mass is 15.4. The Morgan fingerprint density at radius 3 is 2.83 bits per heavy atom. The molecule has 2 rings (SSSR count). The van der Waals surface area contributed by atoms with Gasteiger partial charge < -0.3 is 5.32 Å². The number of hydrogen-bond donors (Lipinski definition) is 1. The first-order chi connectivity index (χ1) is 8.78. The quantitative estimate of drug-likeness (QED) is 0.824. The van der Waals surface area contributed by atoms with Crippen LogP contribution in [-0.2, 0) is 19.9 Å². The fourth-order valence-electron chi connectivity index (χ4n) is 1.96. The number of rotatable bonds is 6. The Hall–Kier alpha value is -1.75. The summed E-state index contributed by atoms with van der Waals surface area (Å²) in [6, 6.07) is 6.44. The molecular weight excluding hydrogens is 226 g/mol. The van der Waals surface area contributed by atoms with Gasteiger partial charge >= 0.3 is 0 Å². The van der Waals surface area contributed by atoms with Crippen LogP contribution in [0.4, 0.5) is 0 Å². The second kappa shape index (κ2) is 6.26. The molecule has 1 atom stereocenters. The molecule has 0 spiro atoms. The van der Waals surface area contributed by atoms with E-state index >= 15 is 0 Å². The molecular formula is C13H19N5. The average molecular weight is 245 g/mol. The topological polar surface area (TPSA) is 55.6 Å². The lowest BCUT2D eigenvalue weighted by atomic mass is 10.0. The molecule has 0 saturated carbocycles. The molecule has 2 aromatic heterocycles. The normalized spacial score (nSPS) is 12.6. The summed E-state index contributed by atoms with van der Waals surface area (Å²) in [6.07, 6.45) is 6.73. The summed E-state index contributed by atoms with van der Waals surface area (Å²) < 4.78 is 1.74. The monoisotopic (exact) mass is 245 g/mol. The summed E-state index contributed by atoms with van der Waals surface area (Å²) in [7, 11) is 3.87. The molecule has 1 N–H and O–H groups in total. The van der Waals surface area contributed by atoms with Gasteiger partial charge in [0.15, 0.2) is 0 Å². The molecule has 0 radical (unpaired) electrons. The van der Waals surface area contributed by atoms with Crippen LogP contribution in [0.3, 0.4) is 0 Å². The Bertz CT molecular complexity index is 465. The van der Waals surface area contributed by atoms with Gasteiger partial charge in [0, 0.05) is 37.6 Å². The minimum Gasteiger partial charge on any atom is -0.317 e. The van der Waals surface area contributed by atoms with E-state index in [2.05, 4.69) is 26.7 Å². The van der Waals surface area contributed by atoms with Crippen LogP contribution in [0.25, 0.3) is 0 Å². The lowest BCUT2D eigenvalue weighted by Gasteiger charge is -2.14. The van der Waals surface area contributed by atoms with Gasteiger partial charge in [-0.3, -0.25) is 9.67 Å². The second-order valence-corrected chi connectivity index (χ2v) is 4.43. The van der Waals surface area contributed by atoms with Crippen LogP contribution >= 0.6 is 0 Å². The van der Waals surface area contributed by atoms with Crippen molar-refractivity contribution in [3.63, 3.8) is 0 Å². The van der Waals surface area contributed by atoms with Crippen molar-refractivity contribution in [2.24, 2.45) is 7.05 Å². The number of aromatic nitrogens is 4. The first-order valence-electron chi connectivity index (χ1n) is 6.20. The van der Waals surface area contributed by atoms with Gasteiger partial charge in [0.05, 0.1) is 5.69 Å². The van der Waals surface area contributed by atoms with Gasteiger partial charge in [-0.15, -0.1) is 5.10 Å². The van der Waals surface area contributed by atoms with E-state index in [1.165, 1.54) is 0 Å². The van der Waals surface area contributed by atoms with E-state index in [4.69, 9.17) is 0 Å². The Balaban J connectivity index is 1.86. The maximum absolute atomic E-state index is 4.34. The van der Waals surface area contributed by atoms with E-state index in [1.807, 2.05) is 38.6 Å². The third-order valence-corrected chi connectivity index (χ3v) is 2.99. The second-order valence-electron chi connectivity index (χ2n) is 4.43. The zero-order valence-electron chi connectivity index (χ0n) is 10.9. The van der Waals surface area contributed by atoms with Gasteiger partial charge in [0.25, 0.3) is 0 Å². The van der Waals surface area contributed by atoms with Crippen LogP contribution in [0.15, 0.2) is 30.6 Å². The number of aryl methyl sites for hydroxylation is 2. The Morgan fingerprint density at radius 1 is 1.33 bits per heavy atom. The number of nitrogens with one attached hydrogen (secondary N) is 1. The predicted molar refractivity (Wildman–Crippen MR) is 70.1 cm³/mol. The fraction of sp³-hybridized carbons (Fsp3) is 0.462. The molecule has 0 bridgehead atoms. The molecule has 0 amide bonds. The Labute approximate surface area is 107 Å². The van der Waals surface area contributed by atoms with E-state index < -0.39 is 0 Å². The first-order valence-corrected chi connectivity index (χ1v) is 6.20. The van der Waals surface area contributed by atoms with Crippen LogP contribution in [-0.4, -0.2) is 33.1 Å². The van der Waals surface area contributed by atoms with Crippen molar-refractivity contribution < 1.29 is 0 Å². The van der Waals surface area contributed by atoms with Gasteiger partial charge in [-0.25, -0.2) is 0 Å². The smallest absolute Gasteiger partial charge is 0.0842 e. The standard InChI is InChI=1S/C13H19N5/c1-14-12(9-13-10-18(2)17-16-13)7-6-11-5-3-4-8-15-11/h3-5,8,10,12,14H,6-7,9H2,1-2H3. The molecule has 2 heterocycles. The van der Waals surface area contributed by atoms with Crippen molar-refractivity contribution in [3.05, 3.63) is 42.0 Å². The number of likely N-dealkylation sites (N-methyl/N-ethyl adjacent to an activating group) is 1. The van der Waals surface area contributed by atoms with Gasteiger partial charge in [-0.05, 0) is 32.0 Å². The highest BCUT2D eigenvalue weighted by Crippen LogP contribution is 2.06. The molecule has 18 heavy (non-hydrogen) atoms. The molecule has 96 valence electrons. The van der Waals surface area contributed by atoms with Gasteiger partial charge in [-0.1, -0.05) is 11.3 Å². The van der Waals surface area contributed by atoms with E-state index in [9.17, 15) is 0 Å². The van der Waals surface area contributed by atoms with E-state index in [-0.39, 0.29) is 0 Å². The van der Waals surface area contributed by atoms with Gasteiger partial charge in [-0.2, -0.15) is 0 Å². The van der Waals surface area contributed by atoms with Crippen molar-refractivity contribution >= 4 is 0 Å². The average Bonchev–Trinajstić information content (AvgIpc) is 2.81. The minimum atomic E-state index is 0.406. The van der Waals surface area contributed by atoms with E-state index in [0.29, 0.717) is 6.04 Å². The third kappa shape index (κ3) is 3.63. The lowest BCUT2D eigenvalue weighted by Crippen LogP contribution is -2.28. The molecule has 0 aliphatic carbocycles. The van der Waals surface area contributed by atoms with Crippen molar-refractivity contribution in [1.82, 2.24) is 25.3 Å². The molecule has 5 nitrogen and oxygen atoms in total. The van der Waals surface area contributed by atoms with Crippen LogP contribution in [0.2, 0.25) is 0 Å². The maximum atomic E-state index is 4.34. The van der Waals surface area contributed by atoms with Crippen molar-refractivity contribution in [2.45, 2.75) is 25.3 Å². The van der Waals surface area contributed by atoms with Crippen molar-refractivity contribution in [2.75, 3.05) is 7.05 Å². The fourth-order valence-corrected chi connectivity index (χ4v) is 1.96. The summed E-state index contributed by atoms with van der Waals surface area (Å²) in [5.74, 6) is 0. The minimum absolute atomic E-state index is 0.406. The molecule has 5 heteroatoms. The predicted octanol–water partition coefficient (Wildman–Crippen LogP) is 0.973. The summed E-state index contributed by atoms with van der Waals surface area (Å²) in [6.45, 7) is 0.